The Morgan fingerprint density at radius 2 is 1.95 bits per heavy atom. The van der Waals surface area contributed by atoms with Gasteiger partial charge in [0.15, 0.2) is 0 Å². The van der Waals surface area contributed by atoms with Crippen molar-refractivity contribution < 1.29 is 4.79 Å². The summed E-state index contributed by atoms with van der Waals surface area (Å²) < 4.78 is 0. The van der Waals surface area contributed by atoms with Gasteiger partial charge >= 0.3 is 0 Å². The number of aromatic nitrogens is 2. The zero-order chi connectivity index (χ0) is 13.8. The molecule has 0 saturated heterocycles. The molecule has 0 aliphatic carbocycles. The highest BCUT2D eigenvalue weighted by Gasteiger charge is 2.07. The Hall–Kier alpha value is -2.62. The van der Waals surface area contributed by atoms with Crippen molar-refractivity contribution in [2.75, 3.05) is 5.32 Å². The minimum Gasteiger partial charge on any atom is -0.325 e. The zero-order valence-corrected chi connectivity index (χ0v) is 11.0. The van der Waals surface area contributed by atoms with Gasteiger partial charge in [-0.25, -0.2) is 0 Å². The Morgan fingerprint density at radius 1 is 1.10 bits per heavy atom. The van der Waals surface area contributed by atoms with E-state index in [0.29, 0.717) is 6.42 Å². The maximum Gasteiger partial charge on any atom is 0.224 e. The van der Waals surface area contributed by atoms with Crippen LogP contribution in [0.15, 0.2) is 54.7 Å². The number of H-pyrrole nitrogens is 1. The van der Waals surface area contributed by atoms with E-state index < -0.39 is 0 Å². The highest BCUT2D eigenvalue weighted by Crippen LogP contribution is 2.21. The van der Waals surface area contributed by atoms with Gasteiger partial charge in [-0.3, -0.25) is 9.89 Å². The number of anilines is 1. The molecule has 0 atom stereocenters. The van der Waals surface area contributed by atoms with Gasteiger partial charge < -0.3 is 5.32 Å². The van der Waals surface area contributed by atoms with Crippen LogP contribution in [0, 0.1) is 0 Å². The van der Waals surface area contributed by atoms with E-state index >= 15 is 0 Å². The first kappa shape index (κ1) is 12.4. The van der Waals surface area contributed by atoms with Crippen LogP contribution in [0.5, 0.6) is 0 Å². The van der Waals surface area contributed by atoms with Gasteiger partial charge in [-0.05, 0) is 24.1 Å². The van der Waals surface area contributed by atoms with E-state index in [4.69, 9.17) is 0 Å². The van der Waals surface area contributed by atoms with Gasteiger partial charge in [-0.15, -0.1) is 0 Å². The second-order valence-corrected chi connectivity index (χ2v) is 4.67. The molecule has 4 nitrogen and oxygen atoms in total. The average Bonchev–Trinajstić information content (AvgIpc) is 2.96. The number of fused-ring (bicyclic) bond motifs is 1. The number of hydrogen-bond acceptors (Lipinski definition) is 2. The first-order chi connectivity index (χ1) is 9.83. The maximum atomic E-state index is 12.0. The lowest BCUT2D eigenvalue weighted by Gasteiger charge is -2.06. The SMILES string of the molecule is O=C(CCc1ccccc1)Nc1cccc2[nH]ncc12. The number of rotatable bonds is 4. The third-order valence-corrected chi connectivity index (χ3v) is 3.24. The molecule has 0 spiro atoms. The van der Waals surface area contributed by atoms with Gasteiger partial charge in [-0.1, -0.05) is 36.4 Å². The number of hydrogen-bond donors (Lipinski definition) is 2. The number of nitrogens with one attached hydrogen (secondary N) is 2. The smallest absolute Gasteiger partial charge is 0.224 e. The van der Waals surface area contributed by atoms with Crippen LogP contribution >= 0.6 is 0 Å². The second kappa shape index (κ2) is 5.57. The predicted molar refractivity (Wildman–Crippen MR) is 79.5 cm³/mol. The monoisotopic (exact) mass is 265 g/mol. The molecule has 100 valence electrons. The summed E-state index contributed by atoms with van der Waals surface area (Å²) in [5, 5.41) is 10.7. The van der Waals surface area contributed by atoms with Crippen LogP contribution in [0.1, 0.15) is 12.0 Å². The highest BCUT2D eigenvalue weighted by atomic mass is 16.1. The molecule has 20 heavy (non-hydrogen) atoms. The Balaban J connectivity index is 1.66. The van der Waals surface area contributed by atoms with Crippen LogP contribution in [0.25, 0.3) is 10.9 Å². The van der Waals surface area contributed by atoms with Crippen LogP contribution in [-0.2, 0) is 11.2 Å². The molecule has 4 heteroatoms. The number of carbonyl (C=O) groups excluding carboxylic acids is 1. The van der Waals surface area contributed by atoms with Crippen LogP contribution in [0.3, 0.4) is 0 Å². The fraction of sp³-hybridized carbons (Fsp3) is 0.125. The van der Waals surface area contributed by atoms with Gasteiger partial charge in [0.1, 0.15) is 0 Å². The fourth-order valence-corrected chi connectivity index (χ4v) is 2.19. The van der Waals surface area contributed by atoms with Crippen molar-refractivity contribution in [1.82, 2.24) is 10.2 Å². The highest BCUT2D eigenvalue weighted by molar-refractivity contribution is 6.00. The summed E-state index contributed by atoms with van der Waals surface area (Å²) in [6, 6.07) is 15.7. The van der Waals surface area contributed by atoms with E-state index in [0.717, 1.165) is 23.0 Å². The van der Waals surface area contributed by atoms with Crippen LogP contribution in [0.4, 0.5) is 5.69 Å². The molecule has 3 rings (SSSR count). The molecule has 0 aliphatic rings. The second-order valence-electron chi connectivity index (χ2n) is 4.67. The van der Waals surface area contributed by atoms with Crippen molar-refractivity contribution >= 4 is 22.5 Å². The molecule has 0 unspecified atom stereocenters. The number of amides is 1. The number of carbonyl (C=O) groups is 1. The Kier molecular flexibility index (Phi) is 3.46. The van der Waals surface area contributed by atoms with Gasteiger partial charge in [0.05, 0.1) is 17.4 Å². The molecular formula is C16H15N3O. The topological polar surface area (TPSA) is 57.8 Å². The molecule has 0 saturated carbocycles. The number of benzene rings is 2. The molecule has 1 heterocycles. The maximum absolute atomic E-state index is 12.0. The summed E-state index contributed by atoms with van der Waals surface area (Å²) in [5.41, 5.74) is 2.89. The lowest BCUT2D eigenvalue weighted by Crippen LogP contribution is -2.12. The quantitative estimate of drug-likeness (QED) is 0.761. The molecular weight excluding hydrogens is 250 g/mol. The minimum absolute atomic E-state index is 0.0163. The Bertz CT molecular complexity index is 719. The largest absolute Gasteiger partial charge is 0.325 e. The van der Waals surface area contributed by atoms with E-state index in [1.165, 1.54) is 5.56 Å². The molecule has 1 aromatic heterocycles. The van der Waals surface area contributed by atoms with Crippen molar-refractivity contribution in [2.45, 2.75) is 12.8 Å². The van der Waals surface area contributed by atoms with Gasteiger partial charge in [-0.2, -0.15) is 5.10 Å². The molecule has 0 aliphatic heterocycles. The van der Waals surface area contributed by atoms with E-state index in [1.807, 2.05) is 48.5 Å². The van der Waals surface area contributed by atoms with E-state index in [1.54, 1.807) is 6.20 Å². The number of aryl methyl sites for hydroxylation is 1. The summed E-state index contributed by atoms with van der Waals surface area (Å²) in [7, 11) is 0. The summed E-state index contributed by atoms with van der Waals surface area (Å²) >= 11 is 0. The van der Waals surface area contributed by atoms with Crippen LogP contribution in [-0.4, -0.2) is 16.1 Å². The van der Waals surface area contributed by atoms with Crippen molar-refractivity contribution in [2.24, 2.45) is 0 Å². The summed E-state index contributed by atoms with van der Waals surface area (Å²) in [5.74, 6) is 0.0163. The third-order valence-electron chi connectivity index (χ3n) is 3.24. The first-order valence-corrected chi connectivity index (χ1v) is 6.59. The molecule has 3 aromatic rings. The summed E-state index contributed by atoms with van der Waals surface area (Å²) in [4.78, 5) is 12.0. The summed E-state index contributed by atoms with van der Waals surface area (Å²) in [6.07, 6.45) is 2.94. The van der Waals surface area contributed by atoms with E-state index in [-0.39, 0.29) is 5.91 Å². The van der Waals surface area contributed by atoms with Crippen molar-refractivity contribution in [3.05, 3.63) is 60.3 Å². The lowest BCUT2D eigenvalue weighted by molar-refractivity contribution is -0.116. The van der Waals surface area contributed by atoms with E-state index in [9.17, 15) is 4.79 Å². The van der Waals surface area contributed by atoms with Gasteiger partial charge in [0.25, 0.3) is 0 Å². The molecule has 0 fully saturated rings. The number of nitrogens with zero attached hydrogens (tertiary/aromatic N) is 1. The van der Waals surface area contributed by atoms with Crippen LogP contribution < -0.4 is 5.32 Å². The zero-order valence-electron chi connectivity index (χ0n) is 11.0. The van der Waals surface area contributed by atoms with E-state index in [2.05, 4.69) is 15.5 Å². The third kappa shape index (κ3) is 2.69. The first-order valence-electron chi connectivity index (χ1n) is 6.59. The van der Waals surface area contributed by atoms with Gasteiger partial charge in [0.2, 0.25) is 5.91 Å². The predicted octanol–water partition coefficient (Wildman–Crippen LogP) is 3.13. The van der Waals surface area contributed by atoms with Crippen molar-refractivity contribution in [1.29, 1.82) is 0 Å². The average molecular weight is 265 g/mol. The molecule has 1 amide bonds. The molecule has 2 N–H and O–H groups in total. The minimum atomic E-state index is 0.0163. The summed E-state index contributed by atoms with van der Waals surface area (Å²) in [6.45, 7) is 0. The number of aromatic amines is 1. The standard InChI is InChI=1S/C16H15N3O/c20-16(10-9-12-5-2-1-3-6-12)18-14-7-4-8-15-13(14)11-17-19-15/h1-8,11H,9-10H2,(H,17,19)(H,18,20). The Labute approximate surface area is 116 Å². The van der Waals surface area contributed by atoms with Gasteiger partial charge in [0, 0.05) is 11.8 Å². The Morgan fingerprint density at radius 3 is 2.80 bits per heavy atom. The van der Waals surface area contributed by atoms with Crippen molar-refractivity contribution in [3.8, 4) is 0 Å². The molecule has 0 bridgehead atoms. The molecule has 2 aromatic carbocycles. The molecule has 0 radical (unpaired) electrons. The van der Waals surface area contributed by atoms with Crippen molar-refractivity contribution in [3.63, 3.8) is 0 Å². The van der Waals surface area contributed by atoms with Crippen LogP contribution in [0.2, 0.25) is 0 Å². The lowest BCUT2D eigenvalue weighted by atomic mass is 10.1. The fourth-order valence-electron chi connectivity index (χ4n) is 2.19. The normalized spacial score (nSPS) is 10.6.